The van der Waals surface area contributed by atoms with Crippen molar-refractivity contribution in [1.82, 2.24) is 10.1 Å². The molecule has 2 heterocycles. The van der Waals surface area contributed by atoms with E-state index in [9.17, 15) is 10.2 Å². The van der Waals surface area contributed by atoms with Gasteiger partial charge in [0.2, 0.25) is 5.88 Å². The van der Waals surface area contributed by atoms with Crippen molar-refractivity contribution < 1.29 is 14.7 Å². The first-order valence-corrected chi connectivity index (χ1v) is 6.28. The topological polar surface area (TPSA) is 103 Å². The van der Waals surface area contributed by atoms with Crippen LogP contribution in [0.5, 0.6) is 11.6 Å². The van der Waals surface area contributed by atoms with Gasteiger partial charge < -0.3 is 14.7 Å². The Morgan fingerprint density at radius 2 is 1.90 bits per heavy atom. The third-order valence-corrected chi connectivity index (χ3v) is 3.34. The van der Waals surface area contributed by atoms with Gasteiger partial charge in [-0.1, -0.05) is 33.2 Å². The fourth-order valence-electron chi connectivity index (χ4n) is 1.86. The van der Waals surface area contributed by atoms with Gasteiger partial charge in [0.15, 0.2) is 11.3 Å². The van der Waals surface area contributed by atoms with Crippen molar-refractivity contribution >= 4 is 27.0 Å². The van der Waals surface area contributed by atoms with Gasteiger partial charge in [-0.15, -0.1) is 0 Å². The maximum atomic E-state index is 10.1. The second kappa shape index (κ2) is 4.51. The number of benzene rings is 1. The SMILES string of the molecule is N#Cc1c(O)nc2onc(-c3ccc(Br)cc3)c2c1O. The van der Waals surface area contributed by atoms with Crippen LogP contribution in [0.2, 0.25) is 0 Å². The predicted molar refractivity (Wildman–Crippen MR) is 73.0 cm³/mol. The number of aromatic hydroxyl groups is 2. The van der Waals surface area contributed by atoms with Crippen molar-refractivity contribution in [2.75, 3.05) is 0 Å². The molecule has 0 atom stereocenters. The van der Waals surface area contributed by atoms with Crippen LogP contribution in [-0.4, -0.2) is 20.4 Å². The molecule has 0 aliphatic heterocycles. The van der Waals surface area contributed by atoms with Crippen molar-refractivity contribution in [3.05, 3.63) is 34.3 Å². The summed E-state index contributed by atoms with van der Waals surface area (Å²) in [5.41, 5.74) is 0.712. The number of fused-ring (bicyclic) bond motifs is 1. The molecule has 2 aromatic heterocycles. The molecule has 1 aromatic carbocycles. The average Bonchev–Trinajstić information content (AvgIpc) is 2.84. The number of aromatic nitrogens is 2. The fraction of sp³-hybridized carbons (Fsp3) is 0. The van der Waals surface area contributed by atoms with Gasteiger partial charge in [0.25, 0.3) is 5.71 Å². The Labute approximate surface area is 121 Å². The number of halogens is 1. The molecule has 3 rings (SSSR count). The fourth-order valence-corrected chi connectivity index (χ4v) is 2.13. The minimum Gasteiger partial charge on any atom is -0.505 e. The Hall–Kier alpha value is -2.59. The minimum absolute atomic E-state index is 0.0306. The summed E-state index contributed by atoms with van der Waals surface area (Å²) in [6.07, 6.45) is 0. The van der Waals surface area contributed by atoms with Crippen LogP contribution in [0.15, 0.2) is 33.3 Å². The highest BCUT2D eigenvalue weighted by Crippen LogP contribution is 2.38. The molecule has 0 fully saturated rings. The molecule has 6 nitrogen and oxygen atoms in total. The number of nitrogens with zero attached hydrogens (tertiary/aromatic N) is 3. The van der Waals surface area contributed by atoms with Crippen LogP contribution in [-0.2, 0) is 0 Å². The predicted octanol–water partition coefficient (Wildman–Crippen LogP) is 2.94. The molecule has 0 radical (unpaired) electrons. The van der Waals surface area contributed by atoms with Gasteiger partial charge in [0, 0.05) is 10.0 Å². The lowest BCUT2D eigenvalue weighted by atomic mass is 10.1. The molecule has 0 bridgehead atoms. The van der Waals surface area contributed by atoms with Crippen molar-refractivity contribution in [2.24, 2.45) is 0 Å². The normalized spacial score (nSPS) is 10.6. The molecular weight excluding hydrogens is 326 g/mol. The van der Waals surface area contributed by atoms with Gasteiger partial charge in [-0.05, 0) is 12.1 Å². The number of hydrogen-bond donors (Lipinski definition) is 2. The lowest BCUT2D eigenvalue weighted by Gasteiger charge is -2.01. The summed E-state index contributed by atoms with van der Waals surface area (Å²) in [5, 5.41) is 32.6. The van der Waals surface area contributed by atoms with Crippen molar-refractivity contribution in [1.29, 1.82) is 5.26 Å². The van der Waals surface area contributed by atoms with Crippen molar-refractivity contribution in [3.63, 3.8) is 0 Å². The first-order chi connectivity index (χ1) is 9.61. The third kappa shape index (κ3) is 1.78. The van der Waals surface area contributed by atoms with E-state index in [0.717, 1.165) is 4.47 Å². The summed E-state index contributed by atoms with van der Waals surface area (Å²) in [7, 11) is 0. The molecule has 20 heavy (non-hydrogen) atoms. The zero-order chi connectivity index (χ0) is 14.3. The molecule has 0 aliphatic carbocycles. The number of nitriles is 1. The number of pyridine rings is 1. The highest BCUT2D eigenvalue weighted by atomic mass is 79.9. The quantitative estimate of drug-likeness (QED) is 0.710. The summed E-state index contributed by atoms with van der Waals surface area (Å²) in [6, 6.07) is 8.87. The molecule has 0 aliphatic rings. The van der Waals surface area contributed by atoms with E-state index in [1.807, 2.05) is 12.1 Å². The lowest BCUT2D eigenvalue weighted by Crippen LogP contribution is -1.86. The van der Waals surface area contributed by atoms with Crippen molar-refractivity contribution in [2.45, 2.75) is 0 Å². The zero-order valence-electron chi connectivity index (χ0n) is 9.83. The van der Waals surface area contributed by atoms with E-state index in [1.54, 1.807) is 18.2 Å². The maximum Gasteiger partial charge on any atom is 0.265 e. The Bertz CT molecular complexity index is 850. The van der Waals surface area contributed by atoms with Crippen LogP contribution in [0.1, 0.15) is 5.56 Å². The standard InChI is InChI=1S/C13H6BrN3O3/c14-7-3-1-6(2-4-7)10-9-11(18)8(5-15)12(19)16-13(9)20-17-10/h1-4H,(H2,16,18,19). The summed E-state index contributed by atoms with van der Waals surface area (Å²) in [4.78, 5) is 3.71. The monoisotopic (exact) mass is 331 g/mol. The van der Waals surface area contributed by atoms with Crippen LogP contribution in [0, 0.1) is 11.3 Å². The van der Waals surface area contributed by atoms with Crippen LogP contribution in [0.25, 0.3) is 22.4 Å². The molecule has 2 N–H and O–H groups in total. The van der Waals surface area contributed by atoms with Gasteiger partial charge in [-0.3, -0.25) is 0 Å². The van der Waals surface area contributed by atoms with E-state index in [4.69, 9.17) is 9.78 Å². The van der Waals surface area contributed by atoms with Gasteiger partial charge >= 0.3 is 0 Å². The smallest absolute Gasteiger partial charge is 0.265 e. The second-order valence-corrected chi connectivity index (χ2v) is 4.90. The van der Waals surface area contributed by atoms with E-state index in [1.165, 1.54) is 0 Å². The summed E-state index contributed by atoms with van der Waals surface area (Å²) < 4.78 is 5.89. The Morgan fingerprint density at radius 3 is 2.55 bits per heavy atom. The zero-order valence-corrected chi connectivity index (χ0v) is 11.4. The third-order valence-electron chi connectivity index (χ3n) is 2.81. The van der Waals surface area contributed by atoms with Crippen LogP contribution in [0.3, 0.4) is 0 Å². The van der Waals surface area contributed by atoms with E-state index in [-0.39, 0.29) is 16.7 Å². The van der Waals surface area contributed by atoms with E-state index in [0.29, 0.717) is 11.3 Å². The lowest BCUT2D eigenvalue weighted by molar-refractivity contribution is 0.419. The largest absolute Gasteiger partial charge is 0.505 e. The molecule has 98 valence electrons. The second-order valence-electron chi connectivity index (χ2n) is 3.99. The van der Waals surface area contributed by atoms with Crippen LogP contribution in [0.4, 0.5) is 0 Å². The van der Waals surface area contributed by atoms with Gasteiger partial charge in [0.05, 0.1) is 0 Å². The molecular formula is C13H6BrN3O3. The molecule has 0 saturated heterocycles. The van der Waals surface area contributed by atoms with Crippen LogP contribution >= 0.6 is 15.9 Å². The summed E-state index contributed by atoms with van der Waals surface area (Å²) in [6.45, 7) is 0. The first-order valence-electron chi connectivity index (χ1n) is 5.49. The average molecular weight is 332 g/mol. The number of hydrogen-bond acceptors (Lipinski definition) is 6. The minimum atomic E-state index is -0.587. The van der Waals surface area contributed by atoms with E-state index in [2.05, 4.69) is 26.1 Å². The Kier molecular flexibility index (Phi) is 2.80. The van der Waals surface area contributed by atoms with Gasteiger partial charge in [-0.2, -0.15) is 10.2 Å². The number of rotatable bonds is 1. The molecule has 0 unspecified atom stereocenters. The first kappa shape index (κ1) is 12.4. The molecule has 0 spiro atoms. The Morgan fingerprint density at radius 1 is 1.20 bits per heavy atom. The van der Waals surface area contributed by atoms with Crippen molar-refractivity contribution in [3.8, 4) is 29.0 Å². The highest BCUT2D eigenvalue weighted by molar-refractivity contribution is 9.10. The summed E-state index contributed by atoms with van der Waals surface area (Å²) >= 11 is 3.32. The molecule has 7 heteroatoms. The molecule has 0 amide bonds. The summed E-state index contributed by atoms with van der Waals surface area (Å²) in [5.74, 6) is -0.981. The van der Waals surface area contributed by atoms with Crippen LogP contribution < -0.4 is 0 Å². The maximum absolute atomic E-state index is 10.1. The highest BCUT2D eigenvalue weighted by Gasteiger charge is 2.21. The van der Waals surface area contributed by atoms with E-state index >= 15 is 0 Å². The van der Waals surface area contributed by atoms with Gasteiger partial charge in [0.1, 0.15) is 17.1 Å². The van der Waals surface area contributed by atoms with E-state index < -0.39 is 11.6 Å². The molecule has 0 saturated carbocycles. The molecule has 3 aromatic rings. The Balaban J connectivity index is 2.33. The van der Waals surface area contributed by atoms with Gasteiger partial charge in [-0.25, -0.2) is 0 Å².